The van der Waals surface area contributed by atoms with E-state index < -0.39 is 0 Å². The Morgan fingerprint density at radius 2 is 1.88 bits per heavy atom. The summed E-state index contributed by atoms with van der Waals surface area (Å²) >= 11 is 1.60. The van der Waals surface area contributed by atoms with Gasteiger partial charge >= 0.3 is 0 Å². The van der Waals surface area contributed by atoms with Gasteiger partial charge in [-0.2, -0.15) is 5.26 Å². The first-order chi connectivity index (χ1) is 11.7. The van der Waals surface area contributed by atoms with Crippen LogP contribution in [0.3, 0.4) is 0 Å². The Bertz CT molecular complexity index is 739. The number of nitrogens with one attached hydrogen (secondary N) is 1. The Labute approximate surface area is 146 Å². The van der Waals surface area contributed by atoms with Crippen LogP contribution in [-0.2, 0) is 11.2 Å². The third-order valence-electron chi connectivity index (χ3n) is 4.20. The number of hydrogen-bond donors (Lipinski definition) is 2. The molecule has 0 radical (unpaired) electrons. The van der Waals surface area contributed by atoms with Gasteiger partial charge in [-0.1, -0.05) is 54.6 Å². The van der Waals surface area contributed by atoms with Crippen LogP contribution in [0.1, 0.15) is 5.56 Å². The summed E-state index contributed by atoms with van der Waals surface area (Å²) in [5, 5.41) is 12.6. The molecule has 122 valence electrons. The third kappa shape index (κ3) is 3.78. The molecule has 1 amide bonds. The lowest BCUT2D eigenvalue weighted by molar-refractivity contribution is -0.119. The molecule has 1 fully saturated rings. The van der Waals surface area contributed by atoms with Gasteiger partial charge < -0.3 is 5.73 Å². The fraction of sp³-hybridized carbons (Fsp3) is 0.263. The summed E-state index contributed by atoms with van der Waals surface area (Å²) in [5.74, 6) is 0.0846. The first-order valence-corrected chi connectivity index (χ1v) is 8.93. The first kappa shape index (κ1) is 16.6. The van der Waals surface area contributed by atoms with Crippen molar-refractivity contribution in [3.8, 4) is 17.2 Å². The van der Waals surface area contributed by atoms with Crippen molar-refractivity contribution in [2.24, 2.45) is 11.7 Å². The van der Waals surface area contributed by atoms with Crippen molar-refractivity contribution >= 4 is 17.7 Å². The highest BCUT2D eigenvalue weighted by atomic mass is 32.2. The molecule has 1 saturated heterocycles. The summed E-state index contributed by atoms with van der Waals surface area (Å²) in [4.78, 5) is 11.3. The summed E-state index contributed by atoms with van der Waals surface area (Å²) in [6, 6.07) is 20.5. The van der Waals surface area contributed by atoms with E-state index in [1.54, 1.807) is 11.8 Å². The number of rotatable bonds is 5. The molecule has 0 bridgehead atoms. The molecule has 5 heteroatoms. The molecule has 2 aromatic rings. The summed E-state index contributed by atoms with van der Waals surface area (Å²) in [6.07, 6.45) is 0.654. The summed E-state index contributed by atoms with van der Waals surface area (Å²) in [5.41, 5.74) is 8.79. The topological polar surface area (TPSA) is 78.9 Å². The van der Waals surface area contributed by atoms with Crippen molar-refractivity contribution in [2.45, 2.75) is 17.8 Å². The van der Waals surface area contributed by atoms with Crippen molar-refractivity contribution in [1.82, 2.24) is 5.32 Å². The maximum absolute atomic E-state index is 11.3. The third-order valence-corrected chi connectivity index (χ3v) is 5.55. The number of nitrogens with zero attached hydrogens (tertiary/aromatic N) is 1. The molecule has 4 nitrogen and oxygen atoms in total. The van der Waals surface area contributed by atoms with E-state index in [2.05, 4.69) is 47.8 Å². The molecule has 1 aliphatic heterocycles. The van der Waals surface area contributed by atoms with E-state index in [1.165, 1.54) is 5.56 Å². The van der Waals surface area contributed by atoms with Gasteiger partial charge in [0.2, 0.25) is 5.91 Å². The summed E-state index contributed by atoms with van der Waals surface area (Å²) < 4.78 is 0. The Morgan fingerprint density at radius 3 is 2.46 bits per heavy atom. The molecule has 3 rings (SSSR count). The standard InChI is InChI=1S/C19H19N3OS/c20-11-16(19-22-17(12-24-19)18(21)23)10-13-6-8-15(9-7-13)14-4-2-1-3-5-14/h1-9,16-17,19,22H,10,12H2,(H2,21,23)/t16-,17?,19?/m0/s1. The van der Waals surface area contributed by atoms with E-state index in [9.17, 15) is 10.1 Å². The largest absolute Gasteiger partial charge is 0.368 e. The van der Waals surface area contributed by atoms with E-state index in [4.69, 9.17) is 5.73 Å². The highest BCUT2D eigenvalue weighted by Gasteiger charge is 2.33. The Balaban J connectivity index is 1.67. The molecule has 3 atom stereocenters. The molecule has 0 spiro atoms. The average Bonchev–Trinajstić information content (AvgIpc) is 3.11. The van der Waals surface area contributed by atoms with E-state index in [0.717, 1.165) is 11.1 Å². The molecule has 0 aromatic heterocycles. The highest BCUT2D eigenvalue weighted by Crippen LogP contribution is 2.28. The normalized spacial score (nSPS) is 21.1. The number of amides is 1. The van der Waals surface area contributed by atoms with Crippen LogP contribution >= 0.6 is 11.8 Å². The second-order valence-corrected chi connectivity index (χ2v) is 7.05. The van der Waals surface area contributed by atoms with Gasteiger partial charge in [-0.05, 0) is 23.1 Å². The van der Waals surface area contributed by atoms with Crippen LogP contribution in [-0.4, -0.2) is 23.1 Å². The number of nitrogens with two attached hydrogens (primary N) is 1. The molecular formula is C19H19N3OS. The number of benzene rings is 2. The molecule has 2 unspecified atom stereocenters. The molecule has 0 aliphatic carbocycles. The quantitative estimate of drug-likeness (QED) is 0.879. The molecule has 1 heterocycles. The van der Waals surface area contributed by atoms with Crippen LogP contribution in [0.5, 0.6) is 0 Å². The van der Waals surface area contributed by atoms with Crippen molar-refractivity contribution in [3.63, 3.8) is 0 Å². The van der Waals surface area contributed by atoms with E-state index in [-0.39, 0.29) is 23.2 Å². The lowest BCUT2D eigenvalue weighted by atomic mass is 9.97. The fourth-order valence-corrected chi connectivity index (χ4v) is 4.14. The van der Waals surface area contributed by atoms with E-state index in [1.807, 2.05) is 18.2 Å². The minimum Gasteiger partial charge on any atom is -0.368 e. The zero-order chi connectivity index (χ0) is 16.9. The predicted molar refractivity (Wildman–Crippen MR) is 97.0 cm³/mol. The van der Waals surface area contributed by atoms with Gasteiger partial charge in [0.05, 0.1) is 23.4 Å². The van der Waals surface area contributed by atoms with Gasteiger partial charge in [0.25, 0.3) is 0 Å². The number of carbonyl (C=O) groups excluding carboxylic acids is 1. The van der Waals surface area contributed by atoms with Crippen LogP contribution in [0.25, 0.3) is 11.1 Å². The monoisotopic (exact) mass is 337 g/mol. The minimum absolute atomic E-state index is 0.0544. The van der Waals surface area contributed by atoms with E-state index >= 15 is 0 Å². The second-order valence-electron chi connectivity index (χ2n) is 5.88. The Morgan fingerprint density at radius 1 is 1.21 bits per heavy atom. The van der Waals surface area contributed by atoms with E-state index in [0.29, 0.717) is 12.2 Å². The molecule has 24 heavy (non-hydrogen) atoms. The van der Waals surface area contributed by atoms with Crippen molar-refractivity contribution in [2.75, 3.05) is 5.75 Å². The van der Waals surface area contributed by atoms with Crippen LogP contribution in [0, 0.1) is 17.2 Å². The first-order valence-electron chi connectivity index (χ1n) is 7.88. The SMILES string of the molecule is N#C[C@H](Cc1ccc(-c2ccccc2)cc1)C1NC(C(N)=O)CS1. The van der Waals surface area contributed by atoms with Gasteiger partial charge in [-0.3, -0.25) is 10.1 Å². The fourth-order valence-electron chi connectivity index (χ4n) is 2.83. The maximum atomic E-state index is 11.3. The Kier molecular flexibility index (Phi) is 5.19. The zero-order valence-electron chi connectivity index (χ0n) is 13.2. The van der Waals surface area contributed by atoms with Crippen molar-refractivity contribution < 1.29 is 4.79 Å². The molecule has 0 saturated carbocycles. The number of carbonyl (C=O) groups is 1. The van der Waals surface area contributed by atoms with Crippen LogP contribution < -0.4 is 11.1 Å². The lowest BCUT2D eigenvalue weighted by Crippen LogP contribution is -2.43. The van der Waals surface area contributed by atoms with Crippen LogP contribution in [0.2, 0.25) is 0 Å². The van der Waals surface area contributed by atoms with Gasteiger partial charge in [0, 0.05) is 5.75 Å². The number of nitriles is 1. The number of hydrogen-bond acceptors (Lipinski definition) is 4. The highest BCUT2D eigenvalue weighted by molar-refractivity contribution is 8.00. The van der Waals surface area contributed by atoms with Gasteiger partial charge in [-0.25, -0.2) is 0 Å². The maximum Gasteiger partial charge on any atom is 0.235 e. The molecular weight excluding hydrogens is 318 g/mol. The predicted octanol–water partition coefficient (Wildman–Crippen LogP) is 2.55. The number of primary amides is 1. The van der Waals surface area contributed by atoms with Crippen LogP contribution in [0.4, 0.5) is 0 Å². The lowest BCUT2D eigenvalue weighted by Gasteiger charge is -2.17. The smallest absolute Gasteiger partial charge is 0.235 e. The van der Waals surface area contributed by atoms with Crippen molar-refractivity contribution in [3.05, 3.63) is 60.2 Å². The molecule has 1 aliphatic rings. The molecule has 2 aromatic carbocycles. The average molecular weight is 337 g/mol. The molecule has 3 N–H and O–H groups in total. The minimum atomic E-state index is -0.353. The Hall–Kier alpha value is -2.29. The second kappa shape index (κ2) is 7.52. The zero-order valence-corrected chi connectivity index (χ0v) is 14.0. The van der Waals surface area contributed by atoms with Gasteiger partial charge in [-0.15, -0.1) is 11.8 Å². The van der Waals surface area contributed by atoms with Gasteiger partial charge in [0.1, 0.15) is 0 Å². The van der Waals surface area contributed by atoms with Gasteiger partial charge in [0.15, 0.2) is 0 Å². The summed E-state index contributed by atoms with van der Waals surface area (Å²) in [7, 11) is 0. The van der Waals surface area contributed by atoms with Crippen molar-refractivity contribution in [1.29, 1.82) is 5.26 Å². The number of thioether (sulfide) groups is 1. The van der Waals surface area contributed by atoms with Crippen LogP contribution in [0.15, 0.2) is 54.6 Å². The summed E-state index contributed by atoms with van der Waals surface area (Å²) in [6.45, 7) is 0.